The minimum atomic E-state index is 0.814. The molecule has 3 heteroatoms. The molecule has 0 aliphatic heterocycles. The number of nitrogens with zero attached hydrogens (tertiary/aromatic N) is 2. The molecule has 1 heterocycles. The molecule has 2 rings (SSSR count). The van der Waals surface area contributed by atoms with Gasteiger partial charge in [0.2, 0.25) is 0 Å². The number of hydrogen-bond donors (Lipinski definition) is 1. The Morgan fingerprint density at radius 3 is 3.18 bits per heavy atom. The maximum Gasteiger partial charge on any atom is 0.122 e. The lowest BCUT2D eigenvalue weighted by atomic mass is 9.94. The fraction of sp³-hybridized carbons (Fsp3) is 0.643. The number of aromatic nitrogens is 2. The Hall–Kier alpha value is -1.09. The third-order valence-electron chi connectivity index (χ3n) is 3.36. The molecule has 94 valence electrons. The van der Waals surface area contributed by atoms with Crippen LogP contribution in [0.1, 0.15) is 38.4 Å². The first-order valence-corrected chi connectivity index (χ1v) is 6.76. The van der Waals surface area contributed by atoms with Crippen LogP contribution < -0.4 is 5.32 Å². The van der Waals surface area contributed by atoms with Gasteiger partial charge in [0, 0.05) is 18.9 Å². The van der Waals surface area contributed by atoms with E-state index < -0.39 is 0 Å². The molecule has 1 aliphatic carbocycles. The second kappa shape index (κ2) is 6.60. The van der Waals surface area contributed by atoms with Crippen LogP contribution >= 0.6 is 0 Å². The SMILES string of the molecule is CCCn1ccnc1CNCC1CC=CCC1. The van der Waals surface area contributed by atoms with Gasteiger partial charge in [-0.3, -0.25) is 0 Å². The van der Waals surface area contributed by atoms with E-state index in [0.717, 1.165) is 32.0 Å². The summed E-state index contributed by atoms with van der Waals surface area (Å²) in [6.45, 7) is 5.28. The van der Waals surface area contributed by atoms with E-state index in [1.165, 1.54) is 25.1 Å². The van der Waals surface area contributed by atoms with Crippen molar-refractivity contribution in [2.45, 2.75) is 45.7 Å². The number of hydrogen-bond acceptors (Lipinski definition) is 2. The molecule has 0 spiro atoms. The van der Waals surface area contributed by atoms with Crippen LogP contribution in [0.5, 0.6) is 0 Å². The van der Waals surface area contributed by atoms with E-state index in [1.807, 2.05) is 6.20 Å². The quantitative estimate of drug-likeness (QED) is 0.766. The van der Waals surface area contributed by atoms with Gasteiger partial charge in [-0.05, 0) is 38.1 Å². The lowest BCUT2D eigenvalue weighted by Gasteiger charge is -2.18. The van der Waals surface area contributed by atoms with E-state index in [1.54, 1.807) is 0 Å². The Kier molecular flexibility index (Phi) is 4.80. The highest BCUT2D eigenvalue weighted by Gasteiger charge is 2.09. The van der Waals surface area contributed by atoms with Gasteiger partial charge in [-0.2, -0.15) is 0 Å². The van der Waals surface area contributed by atoms with Crippen molar-refractivity contribution in [2.75, 3.05) is 6.54 Å². The summed E-state index contributed by atoms with van der Waals surface area (Å²) in [4.78, 5) is 4.40. The molecule has 1 aromatic rings. The first kappa shape index (κ1) is 12.4. The molecule has 1 aromatic heterocycles. The Labute approximate surface area is 104 Å². The molecule has 0 saturated carbocycles. The summed E-state index contributed by atoms with van der Waals surface area (Å²) in [5.74, 6) is 1.98. The minimum absolute atomic E-state index is 0.814. The topological polar surface area (TPSA) is 29.9 Å². The summed E-state index contributed by atoms with van der Waals surface area (Å²) in [7, 11) is 0. The lowest BCUT2D eigenvalue weighted by Crippen LogP contribution is -2.24. The zero-order valence-electron chi connectivity index (χ0n) is 10.7. The molecule has 0 aromatic carbocycles. The monoisotopic (exact) mass is 233 g/mol. The normalized spacial score (nSPS) is 19.7. The third kappa shape index (κ3) is 3.70. The highest BCUT2D eigenvalue weighted by molar-refractivity contribution is 4.93. The zero-order valence-corrected chi connectivity index (χ0v) is 10.7. The van der Waals surface area contributed by atoms with Crippen molar-refractivity contribution >= 4 is 0 Å². The van der Waals surface area contributed by atoms with Crippen LogP contribution in [0, 0.1) is 5.92 Å². The van der Waals surface area contributed by atoms with E-state index in [4.69, 9.17) is 0 Å². The smallest absolute Gasteiger partial charge is 0.122 e. The van der Waals surface area contributed by atoms with Crippen LogP contribution in [-0.2, 0) is 13.1 Å². The van der Waals surface area contributed by atoms with Gasteiger partial charge < -0.3 is 9.88 Å². The largest absolute Gasteiger partial charge is 0.334 e. The molecule has 1 atom stereocenters. The van der Waals surface area contributed by atoms with Crippen molar-refractivity contribution in [3.8, 4) is 0 Å². The average Bonchev–Trinajstić information content (AvgIpc) is 2.79. The van der Waals surface area contributed by atoms with Gasteiger partial charge in [-0.25, -0.2) is 4.98 Å². The van der Waals surface area contributed by atoms with Crippen LogP contribution in [-0.4, -0.2) is 16.1 Å². The molecule has 0 fully saturated rings. The maximum atomic E-state index is 4.40. The predicted octanol–water partition coefficient (Wildman–Crippen LogP) is 2.74. The van der Waals surface area contributed by atoms with E-state index in [2.05, 4.69) is 40.1 Å². The van der Waals surface area contributed by atoms with Gasteiger partial charge in [-0.1, -0.05) is 19.1 Å². The Morgan fingerprint density at radius 2 is 2.41 bits per heavy atom. The van der Waals surface area contributed by atoms with E-state index in [-0.39, 0.29) is 0 Å². The number of allylic oxidation sites excluding steroid dienone is 2. The Bertz CT molecular complexity index is 354. The van der Waals surface area contributed by atoms with Gasteiger partial charge in [-0.15, -0.1) is 0 Å². The highest BCUT2D eigenvalue weighted by Crippen LogP contribution is 2.16. The van der Waals surface area contributed by atoms with E-state index in [9.17, 15) is 0 Å². The molecule has 1 unspecified atom stereocenters. The van der Waals surface area contributed by atoms with Crippen molar-refractivity contribution < 1.29 is 0 Å². The van der Waals surface area contributed by atoms with Gasteiger partial charge in [0.1, 0.15) is 5.82 Å². The second-order valence-corrected chi connectivity index (χ2v) is 4.82. The molecule has 0 saturated heterocycles. The van der Waals surface area contributed by atoms with Crippen LogP contribution in [0.15, 0.2) is 24.5 Å². The first-order valence-electron chi connectivity index (χ1n) is 6.76. The second-order valence-electron chi connectivity index (χ2n) is 4.82. The standard InChI is InChI=1S/C14H23N3/c1-2-9-17-10-8-16-14(17)12-15-11-13-6-4-3-5-7-13/h3-4,8,10,13,15H,2,5-7,9,11-12H2,1H3. The third-order valence-corrected chi connectivity index (χ3v) is 3.36. The van der Waals surface area contributed by atoms with Gasteiger partial charge in [0.25, 0.3) is 0 Å². The van der Waals surface area contributed by atoms with Crippen LogP contribution in [0.25, 0.3) is 0 Å². The van der Waals surface area contributed by atoms with E-state index in [0.29, 0.717) is 0 Å². The lowest BCUT2D eigenvalue weighted by molar-refractivity contribution is 0.433. The maximum absolute atomic E-state index is 4.40. The number of nitrogens with one attached hydrogen (secondary N) is 1. The van der Waals surface area contributed by atoms with Crippen LogP contribution in [0.4, 0.5) is 0 Å². The summed E-state index contributed by atoms with van der Waals surface area (Å²) in [6.07, 6.45) is 13.6. The van der Waals surface area contributed by atoms with Crippen LogP contribution in [0.3, 0.4) is 0 Å². The fourth-order valence-electron chi connectivity index (χ4n) is 2.38. The zero-order chi connectivity index (χ0) is 11.9. The van der Waals surface area contributed by atoms with Crippen molar-refractivity contribution in [1.82, 2.24) is 14.9 Å². The van der Waals surface area contributed by atoms with E-state index >= 15 is 0 Å². The molecule has 1 N–H and O–H groups in total. The molecule has 0 bridgehead atoms. The number of imidazole rings is 1. The molecular weight excluding hydrogens is 210 g/mol. The Balaban J connectivity index is 1.73. The number of rotatable bonds is 6. The van der Waals surface area contributed by atoms with Gasteiger partial charge in [0.15, 0.2) is 0 Å². The average molecular weight is 233 g/mol. The number of aryl methyl sites for hydroxylation is 1. The molecule has 1 aliphatic rings. The summed E-state index contributed by atoms with van der Waals surface area (Å²) in [5, 5.41) is 3.54. The molecule has 17 heavy (non-hydrogen) atoms. The summed E-state index contributed by atoms with van der Waals surface area (Å²) in [6, 6.07) is 0. The van der Waals surface area contributed by atoms with Crippen LogP contribution in [0.2, 0.25) is 0 Å². The highest BCUT2D eigenvalue weighted by atomic mass is 15.1. The van der Waals surface area contributed by atoms with Gasteiger partial charge >= 0.3 is 0 Å². The van der Waals surface area contributed by atoms with Gasteiger partial charge in [0.05, 0.1) is 6.54 Å². The summed E-state index contributed by atoms with van der Waals surface area (Å²) < 4.78 is 2.24. The molecule has 0 amide bonds. The fourth-order valence-corrected chi connectivity index (χ4v) is 2.38. The summed E-state index contributed by atoms with van der Waals surface area (Å²) in [5.41, 5.74) is 0. The Morgan fingerprint density at radius 1 is 1.47 bits per heavy atom. The molecular formula is C14H23N3. The van der Waals surface area contributed by atoms with Crippen molar-refractivity contribution in [3.63, 3.8) is 0 Å². The molecule has 0 radical (unpaired) electrons. The first-order chi connectivity index (χ1) is 8.40. The van der Waals surface area contributed by atoms with Crippen molar-refractivity contribution in [3.05, 3.63) is 30.4 Å². The van der Waals surface area contributed by atoms with Crippen molar-refractivity contribution in [1.29, 1.82) is 0 Å². The van der Waals surface area contributed by atoms with Crippen molar-refractivity contribution in [2.24, 2.45) is 5.92 Å². The molecule has 3 nitrogen and oxygen atoms in total. The summed E-state index contributed by atoms with van der Waals surface area (Å²) >= 11 is 0. The minimum Gasteiger partial charge on any atom is -0.334 e. The predicted molar refractivity (Wildman–Crippen MR) is 70.7 cm³/mol.